The highest BCUT2D eigenvalue weighted by Crippen LogP contribution is 2.32. The Labute approximate surface area is 176 Å². The van der Waals surface area contributed by atoms with Crippen molar-refractivity contribution in [1.82, 2.24) is 10.3 Å². The zero-order valence-corrected chi connectivity index (χ0v) is 17.1. The summed E-state index contributed by atoms with van der Waals surface area (Å²) in [5.41, 5.74) is 4.38. The summed E-state index contributed by atoms with van der Waals surface area (Å²) in [4.78, 5) is 31.4. The maximum Gasteiger partial charge on any atom is 0.338 e. The first-order chi connectivity index (χ1) is 14.7. The van der Waals surface area contributed by atoms with Crippen LogP contribution in [0.4, 0.5) is 5.69 Å². The van der Waals surface area contributed by atoms with Crippen molar-refractivity contribution >= 4 is 17.6 Å². The number of carbonyl (C=O) groups excluding carboxylic acids is 2. The fourth-order valence-corrected chi connectivity index (χ4v) is 4.64. The average Bonchev–Trinajstić information content (AvgIpc) is 3.12. The molecule has 2 fully saturated rings. The minimum Gasteiger partial charge on any atom is -0.457 e. The summed E-state index contributed by atoms with van der Waals surface area (Å²) in [6.45, 7) is 1.54. The molecular weight excluding hydrogens is 378 g/mol. The Balaban J connectivity index is 1.38. The van der Waals surface area contributed by atoms with E-state index in [0.717, 1.165) is 29.9 Å². The first kappa shape index (κ1) is 19.2. The highest BCUT2D eigenvalue weighted by molar-refractivity contribution is 5.99. The number of benzene rings is 1. The molecule has 3 aliphatic rings. The largest absolute Gasteiger partial charge is 0.457 e. The monoisotopic (exact) mass is 405 g/mol. The molecule has 1 atom stereocenters. The van der Waals surface area contributed by atoms with E-state index in [1.54, 1.807) is 11.0 Å². The first-order valence-electron chi connectivity index (χ1n) is 11.0. The highest BCUT2D eigenvalue weighted by atomic mass is 16.5. The standard InChI is InChI=1S/C24H27N3O3/c28-23(22-10-11-25-22)27(20-8-9-21-18(12-20)15-30-24(21)29)14-19-7-6-17(13-26-19)16-4-2-1-3-5-16/h6-9,12-13,16,22,25H,1-5,10-11,14-15H2. The van der Waals surface area contributed by atoms with E-state index in [-0.39, 0.29) is 24.5 Å². The van der Waals surface area contributed by atoms with Gasteiger partial charge in [0.05, 0.1) is 23.8 Å². The van der Waals surface area contributed by atoms with Gasteiger partial charge in [0, 0.05) is 17.4 Å². The average molecular weight is 405 g/mol. The minimum atomic E-state index is -0.296. The van der Waals surface area contributed by atoms with Crippen LogP contribution in [0.1, 0.15) is 71.6 Å². The molecule has 3 heterocycles. The number of cyclic esters (lactones) is 1. The van der Waals surface area contributed by atoms with E-state index < -0.39 is 0 Å². The fraction of sp³-hybridized carbons (Fsp3) is 0.458. The molecular formula is C24H27N3O3. The number of ether oxygens (including phenoxy) is 1. The molecule has 5 rings (SSSR count). The van der Waals surface area contributed by atoms with Crippen LogP contribution in [-0.2, 0) is 22.7 Å². The number of fused-ring (bicyclic) bond motifs is 1. The highest BCUT2D eigenvalue weighted by Gasteiger charge is 2.31. The number of anilines is 1. The number of hydrogen-bond acceptors (Lipinski definition) is 5. The van der Waals surface area contributed by atoms with Crippen LogP contribution in [0.25, 0.3) is 0 Å². The zero-order valence-electron chi connectivity index (χ0n) is 17.1. The smallest absolute Gasteiger partial charge is 0.338 e. The maximum absolute atomic E-state index is 13.1. The molecule has 1 unspecified atom stereocenters. The Kier molecular flexibility index (Phi) is 5.25. The number of nitrogens with one attached hydrogen (secondary N) is 1. The van der Waals surface area contributed by atoms with E-state index in [2.05, 4.69) is 17.4 Å². The number of carbonyl (C=O) groups is 2. The molecule has 1 aromatic heterocycles. The summed E-state index contributed by atoms with van der Waals surface area (Å²) < 4.78 is 5.12. The van der Waals surface area contributed by atoms with Crippen molar-refractivity contribution in [2.75, 3.05) is 11.4 Å². The fourth-order valence-electron chi connectivity index (χ4n) is 4.64. The maximum atomic E-state index is 13.1. The number of aromatic nitrogens is 1. The van der Waals surface area contributed by atoms with Crippen LogP contribution >= 0.6 is 0 Å². The van der Waals surface area contributed by atoms with E-state index in [1.165, 1.54) is 37.7 Å². The topological polar surface area (TPSA) is 71.5 Å². The summed E-state index contributed by atoms with van der Waals surface area (Å²) in [6.07, 6.45) is 9.26. The van der Waals surface area contributed by atoms with Gasteiger partial charge in [-0.25, -0.2) is 4.79 Å². The van der Waals surface area contributed by atoms with Crippen molar-refractivity contribution in [3.05, 3.63) is 58.9 Å². The van der Waals surface area contributed by atoms with Gasteiger partial charge in [-0.2, -0.15) is 0 Å². The van der Waals surface area contributed by atoms with Crippen LogP contribution in [0.3, 0.4) is 0 Å². The molecule has 2 aromatic rings. The number of esters is 1. The molecule has 1 saturated carbocycles. The lowest BCUT2D eigenvalue weighted by molar-refractivity contribution is -0.122. The molecule has 30 heavy (non-hydrogen) atoms. The lowest BCUT2D eigenvalue weighted by Crippen LogP contribution is -2.54. The molecule has 0 radical (unpaired) electrons. The predicted molar refractivity (Wildman–Crippen MR) is 113 cm³/mol. The van der Waals surface area contributed by atoms with Crippen LogP contribution in [0.2, 0.25) is 0 Å². The summed E-state index contributed by atoms with van der Waals surface area (Å²) in [5, 5.41) is 3.20. The van der Waals surface area contributed by atoms with Crippen molar-refractivity contribution in [3.63, 3.8) is 0 Å². The van der Waals surface area contributed by atoms with Gasteiger partial charge in [0.25, 0.3) is 0 Å². The quantitative estimate of drug-likeness (QED) is 0.768. The van der Waals surface area contributed by atoms with Crippen LogP contribution < -0.4 is 10.2 Å². The molecule has 1 amide bonds. The van der Waals surface area contributed by atoms with Crippen molar-refractivity contribution < 1.29 is 14.3 Å². The summed E-state index contributed by atoms with van der Waals surface area (Å²) in [6, 6.07) is 9.56. The van der Waals surface area contributed by atoms with Crippen LogP contribution in [0.15, 0.2) is 36.5 Å². The van der Waals surface area contributed by atoms with E-state index in [0.29, 0.717) is 18.0 Å². The number of pyridine rings is 1. The van der Waals surface area contributed by atoms with E-state index in [1.807, 2.05) is 18.3 Å². The Bertz CT molecular complexity index is 947. The molecule has 156 valence electrons. The van der Waals surface area contributed by atoms with Gasteiger partial charge in [-0.15, -0.1) is 0 Å². The van der Waals surface area contributed by atoms with Crippen molar-refractivity contribution in [3.8, 4) is 0 Å². The lowest BCUT2D eigenvalue weighted by atomic mass is 9.85. The number of rotatable bonds is 5. The van der Waals surface area contributed by atoms with Gasteiger partial charge in [-0.3, -0.25) is 9.78 Å². The summed E-state index contributed by atoms with van der Waals surface area (Å²) in [5.74, 6) is 0.367. The van der Waals surface area contributed by atoms with E-state index in [9.17, 15) is 9.59 Å². The molecule has 1 saturated heterocycles. The Hall–Kier alpha value is -2.73. The summed E-state index contributed by atoms with van der Waals surface area (Å²) >= 11 is 0. The van der Waals surface area contributed by atoms with Crippen molar-refractivity contribution in [2.24, 2.45) is 0 Å². The molecule has 1 N–H and O–H groups in total. The molecule has 6 nitrogen and oxygen atoms in total. The molecule has 1 aromatic carbocycles. The summed E-state index contributed by atoms with van der Waals surface area (Å²) in [7, 11) is 0. The third kappa shape index (κ3) is 3.72. The van der Waals surface area contributed by atoms with Gasteiger partial charge >= 0.3 is 5.97 Å². The second-order valence-electron chi connectivity index (χ2n) is 8.56. The van der Waals surface area contributed by atoms with E-state index in [4.69, 9.17) is 9.72 Å². The second kappa shape index (κ2) is 8.19. The number of nitrogens with zero attached hydrogens (tertiary/aromatic N) is 2. The van der Waals surface area contributed by atoms with E-state index >= 15 is 0 Å². The second-order valence-corrected chi connectivity index (χ2v) is 8.56. The third-order valence-corrected chi connectivity index (χ3v) is 6.61. The van der Waals surface area contributed by atoms with Crippen LogP contribution in [0, 0.1) is 0 Å². The normalized spacial score (nSPS) is 20.9. The van der Waals surface area contributed by atoms with Gasteiger partial charge in [-0.1, -0.05) is 25.3 Å². The number of amides is 1. The predicted octanol–water partition coefficient (Wildman–Crippen LogP) is 3.69. The van der Waals surface area contributed by atoms with Crippen molar-refractivity contribution in [2.45, 2.75) is 63.6 Å². The third-order valence-electron chi connectivity index (χ3n) is 6.61. The molecule has 6 heteroatoms. The number of hydrogen-bond donors (Lipinski definition) is 1. The van der Waals surface area contributed by atoms with Gasteiger partial charge in [0.15, 0.2) is 0 Å². The SMILES string of the molecule is O=C1OCc2cc(N(Cc3ccc(C4CCCCC4)cn3)C(=O)C3CCN3)ccc21. The minimum absolute atomic E-state index is 0.0459. The van der Waals surface area contributed by atoms with Crippen molar-refractivity contribution in [1.29, 1.82) is 0 Å². The Morgan fingerprint density at radius 3 is 2.67 bits per heavy atom. The van der Waals surface area contributed by atoms with Crippen LogP contribution in [-0.4, -0.2) is 29.4 Å². The first-order valence-corrected chi connectivity index (χ1v) is 11.0. The van der Waals surface area contributed by atoms with Crippen LogP contribution in [0.5, 0.6) is 0 Å². The lowest BCUT2D eigenvalue weighted by Gasteiger charge is -2.33. The Morgan fingerprint density at radius 1 is 1.13 bits per heavy atom. The molecule has 0 spiro atoms. The molecule has 2 aliphatic heterocycles. The van der Waals surface area contributed by atoms with Gasteiger partial charge in [-0.05, 0) is 61.6 Å². The molecule has 0 bridgehead atoms. The van der Waals surface area contributed by atoms with Gasteiger partial charge in [0.2, 0.25) is 5.91 Å². The Morgan fingerprint density at radius 2 is 1.97 bits per heavy atom. The van der Waals surface area contributed by atoms with Gasteiger partial charge in [0.1, 0.15) is 6.61 Å². The molecule has 1 aliphatic carbocycles. The van der Waals surface area contributed by atoms with Gasteiger partial charge < -0.3 is 15.0 Å². The zero-order chi connectivity index (χ0) is 20.5.